The Morgan fingerprint density at radius 1 is 0.912 bits per heavy atom. The molecule has 0 amide bonds. The quantitative estimate of drug-likeness (QED) is 0.109. The standard InChI is InChI=1S/C27H40N2O5/c1-6-7-15-31-24-18-21(2)27(22(3)19-24)33-17-14-12-10-8-9-11-13-16-32-26-20-25(34-29-26)23(4)28-30-5/h6-7,18-20H,8-17H2,1-5H3/b7-6+,28-23+. The van der Waals surface area contributed by atoms with Crippen LogP contribution < -0.4 is 14.2 Å². The lowest BCUT2D eigenvalue weighted by Crippen LogP contribution is -2.02. The zero-order chi connectivity index (χ0) is 24.6. The molecule has 7 nitrogen and oxygen atoms in total. The third-order valence-corrected chi connectivity index (χ3v) is 5.37. The van der Waals surface area contributed by atoms with Crippen LogP contribution >= 0.6 is 0 Å². The lowest BCUT2D eigenvalue weighted by Gasteiger charge is -2.14. The minimum atomic E-state index is 0.488. The number of rotatable bonds is 17. The van der Waals surface area contributed by atoms with Gasteiger partial charge in [-0.3, -0.25) is 0 Å². The van der Waals surface area contributed by atoms with Crippen molar-refractivity contribution >= 4 is 5.71 Å². The fourth-order valence-corrected chi connectivity index (χ4v) is 3.58. The summed E-state index contributed by atoms with van der Waals surface area (Å²) in [5.41, 5.74) is 2.87. The largest absolute Gasteiger partial charge is 0.493 e. The number of aryl methyl sites for hydroxylation is 2. The minimum Gasteiger partial charge on any atom is -0.493 e. The van der Waals surface area contributed by atoms with Crippen molar-refractivity contribution in [1.82, 2.24) is 5.16 Å². The number of oxime groups is 1. The Morgan fingerprint density at radius 3 is 2.15 bits per heavy atom. The van der Waals surface area contributed by atoms with Crippen molar-refractivity contribution < 1.29 is 23.6 Å². The molecule has 0 fully saturated rings. The average molecular weight is 473 g/mol. The van der Waals surface area contributed by atoms with Crippen molar-refractivity contribution in [1.29, 1.82) is 0 Å². The monoisotopic (exact) mass is 472 g/mol. The Morgan fingerprint density at radius 2 is 1.53 bits per heavy atom. The molecule has 0 aliphatic carbocycles. The normalized spacial score (nSPS) is 11.7. The van der Waals surface area contributed by atoms with E-state index in [0.717, 1.165) is 48.5 Å². The molecule has 0 radical (unpaired) electrons. The molecule has 7 heteroatoms. The Hall–Kier alpha value is -2.96. The highest BCUT2D eigenvalue weighted by Crippen LogP contribution is 2.28. The van der Waals surface area contributed by atoms with E-state index in [0.29, 0.717) is 30.6 Å². The summed E-state index contributed by atoms with van der Waals surface area (Å²) in [6, 6.07) is 5.83. The molecule has 0 atom stereocenters. The molecule has 0 aliphatic heterocycles. The molecule has 0 saturated carbocycles. The van der Waals surface area contributed by atoms with Crippen LogP contribution in [0.2, 0.25) is 0 Å². The molecular weight excluding hydrogens is 432 g/mol. The highest BCUT2D eigenvalue weighted by Gasteiger charge is 2.09. The van der Waals surface area contributed by atoms with Crippen molar-refractivity contribution in [3.63, 3.8) is 0 Å². The summed E-state index contributed by atoms with van der Waals surface area (Å²) in [5, 5.41) is 7.71. The summed E-state index contributed by atoms with van der Waals surface area (Å²) in [7, 11) is 1.50. The number of nitrogens with zero attached hydrogens (tertiary/aromatic N) is 2. The van der Waals surface area contributed by atoms with Gasteiger partial charge in [0.25, 0.3) is 5.88 Å². The number of benzene rings is 1. The maximum Gasteiger partial charge on any atom is 0.254 e. The molecule has 188 valence electrons. The van der Waals surface area contributed by atoms with E-state index in [1.165, 1.54) is 32.8 Å². The highest BCUT2D eigenvalue weighted by atomic mass is 16.6. The van der Waals surface area contributed by atoms with Crippen molar-refractivity contribution in [3.8, 4) is 17.4 Å². The number of aromatic nitrogens is 1. The van der Waals surface area contributed by atoms with Crippen LogP contribution in [0.25, 0.3) is 0 Å². The van der Waals surface area contributed by atoms with Gasteiger partial charge in [-0.2, -0.15) is 0 Å². The van der Waals surface area contributed by atoms with Gasteiger partial charge in [-0.1, -0.05) is 49.4 Å². The summed E-state index contributed by atoms with van der Waals surface area (Å²) in [5.74, 6) is 2.92. The summed E-state index contributed by atoms with van der Waals surface area (Å²) in [6.07, 6.45) is 12.1. The Labute approximate surface area is 204 Å². The second-order valence-electron chi connectivity index (χ2n) is 8.33. The topological polar surface area (TPSA) is 75.3 Å². The van der Waals surface area contributed by atoms with Crippen LogP contribution in [0.15, 0.2) is 40.0 Å². The fourth-order valence-electron chi connectivity index (χ4n) is 3.58. The summed E-state index contributed by atoms with van der Waals surface area (Å²) in [6.45, 7) is 9.92. The predicted molar refractivity (Wildman–Crippen MR) is 135 cm³/mol. The van der Waals surface area contributed by atoms with E-state index in [4.69, 9.17) is 23.6 Å². The first-order valence-electron chi connectivity index (χ1n) is 12.2. The summed E-state index contributed by atoms with van der Waals surface area (Å²) < 4.78 is 22.6. The van der Waals surface area contributed by atoms with Crippen LogP contribution in [0.1, 0.15) is 75.7 Å². The maximum atomic E-state index is 6.07. The zero-order valence-electron chi connectivity index (χ0n) is 21.4. The first kappa shape index (κ1) is 27.3. The van der Waals surface area contributed by atoms with E-state index < -0.39 is 0 Å². The number of ether oxygens (including phenoxy) is 3. The van der Waals surface area contributed by atoms with Crippen LogP contribution in [0.3, 0.4) is 0 Å². The molecule has 34 heavy (non-hydrogen) atoms. The maximum absolute atomic E-state index is 6.07. The van der Waals surface area contributed by atoms with Gasteiger partial charge in [-0.05, 0) is 69.0 Å². The van der Waals surface area contributed by atoms with Gasteiger partial charge in [0.1, 0.15) is 30.9 Å². The van der Waals surface area contributed by atoms with E-state index in [9.17, 15) is 0 Å². The van der Waals surface area contributed by atoms with Gasteiger partial charge in [0.15, 0.2) is 5.76 Å². The first-order valence-corrected chi connectivity index (χ1v) is 12.2. The van der Waals surface area contributed by atoms with Crippen LogP contribution in [-0.2, 0) is 4.84 Å². The summed E-state index contributed by atoms with van der Waals surface area (Å²) in [4.78, 5) is 4.73. The molecule has 0 unspecified atom stereocenters. The van der Waals surface area contributed by atoms with Crippen molar-refractivity contribution in [3.05, 3.63) is 47.2 Å². The minimum absolute atomic E-state index is 0.488. The van der Waals surface area contributed by atoms with Crippen molar-refractivity contribution in [2.45, 2.75) is 72.6 Å². The first-order chi connectivity index (χ1) is 16.5. The molecule has 1 heterocycles. The average Bonchev–Trinajstić information content (AvgIpc) is 3.28. The molecule has 0 spiro atoms. The van der Waals surface area contributed by atoms with Crippen LogP contribution in [0.4, 0.5) is 0 Å². The van der Waals surface area contributed by atoms with Gasteiger partial charge in [-0.15, -0.1) is 0 Å². The second-order valence-corrected chi connectivity index (χ2v) is 8.33. The van der Waals surface area contributed by atoms with E-state index in [1.54, 1.807) is 13.0 Å². The van der Waals surface area contributed by atoms with E-state index in [2.05, 4.69) is 24.2 Å². The van der Waals surface area contributed by atoms with Crippen LogP contribution in [0.5, 0.6) is 17.4 Å². The highest BCUT2D eigenvalue weighted by molar-refractivity contribution is 5.95. The number of unbranched alkanes of at least 4 members (excludes halogenated alkanes) is 6. The van der Waals surface area contributed by atoms with Crippen LogP contribution in [-0.4, -0.2) is 37.8 Å². The molecule has 0 N–H and O–H groups in total. The van der Waals surface area contributed by atoms with Gasteiger partial charge in [0, 0.05) is 0 Å². The van der Waals surface area contributed by atoms with Gasteiger partial charge in [-0.25, -0.2) is 0 Å². The van der Waals surface area contributed by atoms with E-state index in [1.807, 2.05) is 31.2 Å². The molecule has 2 aromatic rings. The van der Waals surface area contributed by atoms with Crippen LogP contribution in [0, 0.1) is 13.8 Å². The third-order valence-electron chi connectivity index (χ3n) is 5.37. The zero-order valence-corrected chi connectivity index (χ0v) is 21.4. The molecule has 2 rings (SSSR count). The second kappa shape index (κ2) is 15.8. The van der Waals surface area contributed by atoms with E-state index >= 15 is 0 Å². The Balaban J connectivity index is 1.50. The summed E-state index contributed by atoms with van der Waals surface area (Å²) >= 11 is 0. The fraction of sp³-hybridized carbons (Fsp3) is 0.556. The Kier molecular flexibility index (Phi) is 12.7. The van der Waals surface area contributed by atoms with Gasteiger partial charge >= 0.3 is 0 Å². The van der Waals surface area contributed by atoms with Crippen molar-refractivity contribution in [2.75, 3.05) is 26.9 Å². The molecule has 1 aromatic carbocycles. The van der Waals surface area contributed by atoms with E-state index in [-0.39, 0.29) is 0 Å². The molecule has 0 saturated heterocycles. The predicted octanol–water partition coefficient (Wildman–Crippen LogP) is 6.81. The molecule has 0 bridgehead atoms. The third kappa shape index (κ3) is 9.89. The SMILES string of the molecule is C/C=C/COc1cc(C)c(OCCCCCCCCCOc2cc(/C(C)=N/OC)on2)c(C)c1. The van der Waals surface area contributed by atoms with Gasteiger partial charge < -0.3 is 23.6 Å². The number of hydrogen-bond acceptors (Lipinski definition) is 7. The molecular formula is C27H40N2O5. The lowest BCUT2D eigenvalue weighted by molar-refractivity contribution is 0.212. The Bertz CT molecular complexity index is 881. The van der Waals surface area contributed by atoms with Gasteiger partial charge in [0.05, 0.1) is 19.3 Å². The smallest absolute Gasteiger partial charge is 0.254 e. The van der Waals surface area contributed by atoms with Crippen molar-refractivity contribution in [2.24, 2.45) is 5.16 Å². The molecule has 1 aromatic heterocycles. The lowest BCUT2D eigenvalue weighted by atomic mass is 10.1. The molecule has 0 aliphatic rings. The van der Waals surface area contributed by atoms with Gasteiger partial charge in [0.2, 0.25) is 0 Å². The number of allylic oxidation sites excluding steroid dienone is 1. The number of hydrogen-bond donors (Lipinski definition) is 0.